The first-order chi connectivity index (χ1) is 6.74. The molecule has 1 aliphatic rings. The van der Waals surface area contributed by atoms with Gasteiger partial charge in [-0.25, -0.2) is 0 Å². The van der Waals surface area contributed by atoms with Gasteiger partial charge in [-0.2, -0.15) is 0 Å². The summed E-state index contributed by atoms with van der Waals surface area (Å²) in [5, 5.41) is 15.7. The summed E-state index contributed by atoms with van der Waals surface area (Å²) in [5.41, 5.74) is 0. The molecule has 0 aromatic heterocycles. The Kier molecular flexibility index (Phi) is 8.50. The van der Waals surface area contributed by atoms with Crippen molar-refractivity contribution in [1.29, 1.82) is 0 Å². The first kappa shape index (κ1) is 14.1. The zero-order valence-electron chi connectivity index (χ0n) is 8.39. The maximum Gasteiger partial charge on any atom is 0.133 e. The minimum absolute atomic E-state index is 0.241. The van der Waals surface area contributed by atoms with E-state index in [9.17, 15) is 0 Å². The first-order valence-corrected chi connectivity index (χ1v) is 5.35. The van der Waals surface area contributed by atoms with Gasteiger partial charge in [0, 0.05) is 39.8 Å². The molecule has 0 unspecified atom stereocenters. The Morgan fingerprint density at radius 2 is 1.79 bits per heavy atom. The molecule has 0 aliphatic carbocycles. The molecule has 4 nitrogen and oxygen atoms in total. The van der Waals surface area contributed by atoms with Gasteiger partial charge in [0.25, 0.3) is 0 Å². The second-order valence-corrected chi connectivity index (χ2v) is 3.95. The molecule has 0 spiro atoms. The van der Waals surface area contributed by atoms with Crippen molar-refractivity contribution in [3.8, 4) is 0 Å². The molecule has 0 amide bonds. The van der Waals surface area contributed by atoms with E-state index in [2.05, 4.69) is 22.4 Å². The average Bonchev–Trinajstić information content (AvgIpc) is 2.22. The lowest BCUT2D eigenvalue weighted by atomic mass is 10.3. The Morgan fingerprint density at radius 3 is 2.14 bits per heavy atom. The van der Waals surface area contributed by atoms with E-state index in [0.29, 0.717) is 4.32 Å². The summed E-state index contributed by atoms with van der Waals surface area (Å²) < 4.78 is 0.679. The number of aliphatic hydroxyl groups is 2. The van der Waals surface area contributed by atoms with Crippen molar-refractivity contribution in [3.63, 3.8) is 0 Å². The Bertz CT molecular complexity index is 161. The van der Waals surface area contributed by atoms with Gasteiger partial charge in [0.2, 0.25) is 0 Å². The summed E-state index contributed by atoms with van der Waals surface area (Å²) in [6.07, 6.45) is 0. The van der Waals surface area contributed by atoms with E-state index in [-0.39, 0.29) is 6.61 Å². The zero-order valence-corrected chi connectivity index (χ0v) is 10.1. The molecule has 6 heteroatoms. The maximum absolute atomic E-state index is 8.70. The van der Waals surface area contributed by atoms with Gasteiger partial charge in [-0.1, -0.05) is 12.2 Å². The normalized spacial score (nSPS) is 17.3. The van der Waals surface area contributed by atoms with Crippen LogP contribution in [0, 0.1) is 0 Å². The number of hydrogen-bond donors (Lipinski definition) is 3. The topological polar surface area (TPSA) is 46.9 Å². The quantitative estimate of drug-likeness (QED) is 0.444. The molecule has 0 saturated carbocycles. The van der Waals surface area contributed by atoms with Crippen LogP contribution in [0.25, 0.3) is 0 Å². The minimum Gasteiger partial charge on any atom is -0.400 e. The van der Waals surface area contributed by atoms with E-state index in [1.165, 1.54) is 0 Å². The molecule has 1 fully saturated rings. The SMILES string of the molecule is CO.OCCN1CCN(C(=S)S)CC1. The van der Waals surface area contributed by atoms with Gasteiger partial charge in [0.1, 0.15) is 4.32 Å². The lowest BCUT2D eigenvalue weighted by Crippen LogP contribution is -2.47. The molecule has 0 aromatic rings. The number of β-amino-alcohol motifs (C(OH)–C–C–N with tert-alkyl or cyclic N) is 1. The molecule has 2 N–H and O–H groups in total. The van der Waals surface area contributed by atoms with Gasteiger partial charge in [-0.3, -0.25) is 4.90 Å². The molecule has 1 saturated heterocycles. The average molecular weight is 238 g/mol. The summed E-state index contributed by atoms with van der Waals surface area (Å²) in [6, 6.07) is 0. The van der Waals surface area contributed by atoms with Gasteiger partial charge in [0.15, 0.2) is 0 Å². The van der Waals surface area contributed by atoms with Crippen LogP contribution >= 0.6 is 24.8 Å². The van der Waals surface area contributed by atoms with E-state index in [0.717, 1.165) is 39.8 Å². The number of rotatable bonds is 2. The highest BCUT2D eigenvalue weighted by Gasteiger charge is 2.16. The predicted octanol–water partition coefficient (Wildman–Crippen LogP) is -0.581. The van der Waals surface area contributed by atoms with Crippen LogP contribution in [0.4, 0.5) is 0 Å². The maximum atomic E-state index is 8.70. The highest BCUT2D eigenvalue weighted by atomic mass is 32.1. The molecular formula is C8H18N2O2S2. The fourth-order valence-corrected chi connectivity index (χ4v) is 1.69. The van der Waals surface area contributed by atoms with Gasteiger partial charge in [0.05, 0.1) is 6.61 Å². The van der Waals surface area contributed by atoms with E-state index < -0.39 is 0 Å². The van der Waals surface area contributed by atoms with Crippen LogP contribution in [0.2, 0.25) is 0 Å². The van der Waals surface area contributed by atoms with Crippen molar-refractivity contribution < 1.29 is 10.2 Å². The molecular weight excluding hydrogens is 220 g/mol. The number of aliphatic hydroxyl groups excluding tert-OH is 2. The molecule has 0 radical (unpaired) electrons. The Morgan fingerprint density at radius 1 is 1.29 bits per heavy atom. The summed E-state index contributed by atoms with van der Waals surface area (Å²) in [7, 11) is 1.00. The molecule has 0 atom stereocenters. The minimum atomic E-state index is 0.241. The summed E-state index contributed by atoms with van der Waals surface area (Å²) in [6.45, 7) is 4.83. The van der Waals surface area contributed by atoms with Crippen LogP contribution in [0.1, 0.15) is 0 Å². The van der Waals surface area contributed by atoms with Crippen LogP contribution in [0.3, 0.4) is 0 Å². The van der Waals surface area contributed by atoms with E-state index in [4.69, 9.17) is 22.4 Å². The molecule has 1 aliphatic heterocycles. The lowest BCUT2D eigenvalue weighted by molar-refractivity contribution is 0.149. The third kappa shape index (κ3) is 5.11. The van der Waals surface area contributed by atoms with Crippen LogP contribution in [0.15, 0.2) is 0 Å². The van der Waals surface area contributed by atoms with Crippen molar-refractivity contribution in [1.82, 2.24) is 9.80 Å². The molecule has 0 aromatic carbocycles. The van der Waals surface area contributed by atoms with Crippen LogP contribution in [-0.4, -0.2) is 70.8 Å². The number of nitrogens with zero attached hydrogens (tertiary/aromatic N) is 2. The number of piperazine rings is 1. The van der Waals surface area contributed by atoms with Gasteiger partial charge in [-0.15, -0.1) is 12.6 Å². The largest absolute Gasteiger partial charge is 0.400 e. The van der Waals surface area contributed by atoms with Crippen molar-refractivity contribution in [2.75, 3.05) is 46.4 Å². The monoisotopic (exact) mass is 238 g/mol. The van der Waals surface area contributed by atoms with Gasteiger partial charge in [-0.05, 0) is 0 Å². The Balaban J connectivity index is 0.000000791. The Hall–Kier alpha value is 0.120. The molecule has 84 valence electrons. The van der Waals surface area contributed by atoms with Crippen molar-refractivity contribution in [2.24, 2.45) is 0 Å². The smallest absolute Gasteiger partial charge is 0.133 e. The molecule has 14 heavy (non-hydrogen) atoms. The lowest BCUT2D eigenvalue weighted by Gasteiger charge is -2.34. The number of hydrogen-bond acceptors (Lipinski definition) is 4. The Labute approximate surface area is 95.9 Å². The van der Waals surface area contributed by atoms with Crippen molar-refractivity contribution >= 4 is 29.2 Å². The van der Waals surface area contributed by atoms with E-state index >= 15 is 0 Å². The third-order valence-electron chi connectivity index (χ3n) is 2.06. The number of thiol groups is 1. The van der Waals surface area contributed by atoms with Crippen LogP contribution in [0.5, 0.6) is 0 Å². The van der Waals surface area contributed by atoms with Gasteiger partial charge < -0.3 is 15.1 Å². The zero-order chi connectivity index (χ0) is 11.0. The van der Waals surface area contributed by atoms with Crippen molar-refractivity contribution in [2.45, 2.75) is 0 Å². The van der Waals surface area contributed by atoms with E-state index in [1.807, 2.05) is 0 Å². The summed E-state index contributed by atoms with van der Waals surface area (Å²) >= 11 is 9.05. The standard InChI is InChI=1S/C7H14N2OS2.CH4O/c10-6-5-8-1-3-9(4-2-8)7(11)12;1-2/h10H,1-6H2,(H,11,12);2H,1H3. The highest BCUT2D eigenvalue weighted by molar-refractivity contribution is 8.10. The fourth-order valence-electron chi connectivity index (χ4n) is 1.30. The second kappa shape index (κ2) is 8.43. The van der Waals surface area contributed by atoms with Crippen LogP contribution < -0.4 is 0 Å². The number of thiocarbonyl (C=S) groups is 1. The highest BCUT2D eigenvalue weighted by Crippen LogP contribution is 2.03. The summed E-state index contributed by atoms with van der Waals surface area (Å²) in [5.74, 6) is 0. The molecule has 0 bridgehead atoms. The van der Waals surface area contributed by atoms with Crippen LogP contribution in [-0.2, 0) is 0 Å². The molecule has 1 rings (SSSR count). The van der Waals surface area contributed by atoms with Gasteiger partial charge >= 0.3 is 0 Å². The predicted molar refractivity (Wildman–Crippen MR) is 64.8 cm³/mol. The van der Waals surface area contributed by atoms with E-state index in [1.54, 1.807) is 0 Å². The molecule has 1 heterocycles. The second-order valence-electron chi connectivity index (χ2n) is 2.83. The summed E-state index contributed by atoms with van der Waals surface area (Å²) in [4.78, 5) is 4.30. The first-order valence-electron chi connectivity index (χ1n) is 4.50. The third-order valence-corrected chi connectivity index (χ3v) is 2.60. The fraction of sp³-hybridized carbons (Fsp3) is 0.875. The van der Waals surface area contributed by atoms with Crippen molar-refractivity contribution in [3.05, 3.63) is 0 Å².